The molecular weight excluding hydrogens is 234 g/mol. The van der Waals surface area contributed by atoms with Gasteiger partial charge in [-0.25, -0.2) is 0 Å². The monoisotopic (exact) mass is 253 g/mol. The first-order valence-corrected chi connectivity index (χ1v) is 6.70. The summed E-state index contributed by atoms with van der Waals surface area (Å²) in [5, 5.41) is 14.4. The lowest BCUT2D eigenvalue weighted by atomic mass is 9.90. The standard InChI is InChI=1S/C14H20ClNO/c1-10-6-7-16-13(8-10)9-14(17)11-2-4-12(15)5-3-11/h2-5,10,13-14,16-17H,6-9H2,1H3. The van der Waals surface area contributed by atoms with Gasteiger partial charge in [-0.2, -0.15) is 0 Å². The SMILES string of the molecule is CC1CCNC(CC(O)c2ccc(Cl)cc2)C1. The van der Waals surface area contributed by atoms with Crippen LogP contribution in [-0.2, 0) is 0 Å². The van der Waals surface area contributed by atoms with Crippen LogP contribution in [0.1, 0.15) is 37.9 Å². The van der Waals surface area contributed by atoms with E-state index in [1.165, 1.54) is 6.42 Å². The molecule has 1 heterocycles. The van der Waals surface area contributed by atoms with Crippen molar-refractivity contribution in [1.29, 1.82) is 0 Å². The maximum absolute atomic E-state index is 10.2. The largest absolute Gasteiger partial charge is 0.388 e. The van der Waals surface area contributed by atoms with E-state index in [9.17, 15) is 5.11 Å². The van der Waals surface area contributed by atoms with Gasteiger partial charge in [-0.1, -0.05) is 30.7 Å². The molecule has 0 amide bonds. The summed E-state index contributed by atoms with van der Waals surface area (Å²) in [6.07, 6.45) is 2.79. The van der Waals surface area contributed by atoms with Crippen molar-refractivity contribution in [2.45, 2.75) is 38.3 Å². The number of hydrogen-bond acceptors (Lipinski definition) is 2. The number of piperidine rings is 1. The van der Waals surface area contributed by atoms with Crippen molar-refractivity contribution in [3.05, 3.63) is 34.9 Å². The average molecular weight is 254 g/mol. The molecule has 94 valence electrons. The van der Waals surface area contributed by atoms with E-state index in [-0.39, 0.29) is 0 Å². The zero-order chi connectivity index (χ0) is 12.3. The Kier molecular flexibility index (Phi) is 4.43. The second-order valence-corrected chi connectivity index (χ2v) is 5.52. The van der Waals surface area contributed by atoms with E-state index >= 15 is 0 Å². The molecule has 2 nitrogen and oxygen atoms in total. The molecule has 3 unspecified atom stereocenters. The number of aliphatic hydroxyl groups is 1. The number of aliphatic hydroxyl groups excluding tert-OH is 1. The molecule has 1 fully saturated rings. The zero-order valence-corrected chi connectivity index (χ0v) is 11.0. The van der Waals surface area contributed by atoms with Crippen LogP contribution < -0.4 is 5.32 Å². The molecule has 1 saturated heterocycles. The van der Waals surface area contributed by atoms with Crippen LogP contribution in [0.4, 0.5) is 0 Å². The highest BCUT2D eigenvalue weighted by molar-refractivity contribution is 6.30. The number of benzene rings is 1. The third-order valence-corrected chi connectivity index (χ3v) is 3.77. The minimum atomic E-state index is -0.393. The Hall–Kier alpha value is -0.570. The molecular formula is C14H20ClNO. The van der Waals surface area contributed by atoms with Gasteiger partial charge in [0.25, 0.3) is 0 Å². The second kappa shape index (κ2) is 5.85. The minimum Gasteiger partial charge on any atom is -0.388 e. The normalized spacial score (nSPS) is 26.8. The summed E-state index contributed by atoms with van der Waals surface area (Å²) in [6, 6.07) is 7.90. The Morgan fingerprint density at radius 1 is 1.41 bits per heavy atom. The summed E-state index contributed by atoms with van der Waals surface area (Å²) in [5.41, 5.74) is 0.953. The summed E-state index contributed by atoms with van der Waals surface area (Å²) >= 11 is 5.83. The molecule has 3 atom stereocenters. The predicted octanol–water partition coefficient (Wildman–Crippen LogP) is 3.15. The predicted molar refractivity (Wildman–Crippen MR) is 71.2 cm³/mol. The van der Waals surface area contributed by atoms with Gasteiger partial charge >= 0.3 is 0 Å². The molecule has 2 N–H and O–H groups in total. The van der Waals surface area contributed by atoms with E-state index in [4.69, 9.17) is 11.6 Å². The maximum Gasteiger partial charge on any atom is 0.0804 e. The summed E-state index contributed by atoms with van der Waals surface area (Å²) in [6.45, 7) is 3.35. The molecule has 0 spiro atoms. The van der Waals surface area contributed by atoms with Gasteiger partial charge in [0.2, 0.25) is 0 Å². The molecule has 17 heavy (non-hydrogen) atoms. The van der Waals surface area contributed by atoms with Crippen LogP contribution in [0.25, 0.3) is 0 Å². The Morgan fingerprint density at radius 2 is 2.12 bits per heavy atom. The highest BCUT2D eigenvalue weighted by atomic mass is 35.5. The molecule has 0 aromatic heterocycles. The summed E-state index contributed by atoms with van der Waals surface area (Å²) in [5.74, 6) is 0.763. The molecule has 0 saturated carbocycles. The first kappa shape index (κ1) is 12.9. The van der Waals surface area contributed by atoms with Crippen LogP contribution in [-0.4, -0.2) is 17.7 Å². The molecule has 2 rings (SSSR count). The smallest absolute Gasteiger partial charge is 0.0804 e. The Labute approximate surface area is 108 Å². The number of halogens is 1. The second-order valence-electron chi connectivity index (χ2n) is 5.08. The third kappa shape index (κ3) is 3.70. The van der Waals surface area contributed by atoms with Gasteiger partial charge in [-0.15, -0.1) is 0 Å². The van der Waals surface area contributed by atoms with E-state index < -0.39 is 6.10 Å². The van der Waals surface area contributed by atoms with Gasteiger partial charge in [0.05, 0.1) is 6.10 Å². The molecule has 0 bridgehead atoms. The van der Waals surface area contributed by atoms with E-state index in [2.05, 4.69) is 12.2 Å². The Morgan fingerprint density at radius 3 is 2.76 bits per heavy atom. The lowest BCUT2D eigenvalue weighted by Crippen LogP contribution is -2.38. The highest BCUT2D eigenvalue weighted by Crippen LogP contribution is 2.25. The number of nitrogens with one attached hydrogen (secondary N) is 1. The van der Waals surface area contributed by atoms with Crippen molar-refractivity contribution < 1.29 is 5.11 Å². The fourth-order valence-corrected chi connectivity index (χ4v) is 2.62. The summed E-state index contributed by atoms with van der Waals surface area (Å²) in [4.78, 5) is 0. The van der Waals surface area contributed by atoms with E-state index in [1.807, 2.05) is 24.3 Å². The van der Waals surface area contributed by atoms with E-state index in [1.54, 1.807) is 0 Å². The van der Waals surface area contributed by atoms with Gasteiger partial charge < -0.3 is 10.4 Å². The molecule has 1 aliphatic rings. The highest BCUT2D eigenvalue weighted by Gasteiger charge is 2.21. The molecule has 1 aliphatic heterocycles. The van der Waals surface area contributed by atoms with Gasteiger partial charge in [0.15, 0.2) is 0 Å². The van der Waals surface area contributed by atoms with Gasteiger partial charge in [0.1, 0.15) is 0 Å². The fourth-order valence-electron chi connectivity index (χ4n) is 2.49. The molecule has 0 aliphatic carbocycles. The van der Waals surface area contributed by atoms with E-state index in [0.717, 1.165) is 30.9 Å². The van der Waals surface area contributed by atoms with Crippen LogP contribution in [0, 0.1) is 5.92 Å². The van der Waals surface area contributed by atoms with Crippen LogP contribution in [0.3, 0.4) is 0 Å². The zero-order valence-electron chi connectivity index (χ0n) is 10.2. The van der Waals surface area contributed by atoms with Gasteiger partial charge in [0, 0.05) is 11.1 Å². The van der Waals surface area contributed by atoms with Crippen LogP contribution in [0.5, 0.6) is 0 Å². The van der Waals surface area contributed by atoms with Crippen molar-refractivity contribution in [2.75, 3.05) is 6.54 Å². The number of rotatable bonds is 3. The van der Waals surface area contributed by atoms with Gasteiger partial charge in [-0.05, 0) is 49.4 Å². The average Bonchev–Trinajstić information content (AvgIpc) is 2.29. The molecule has 3 heteroatoms. The van der Waals surface area contributed by atoms with Crippen LogP contribution in [0.2, 0.25) is 5.02 Å². The van der Waals surface area contributed by atoms with Crippen LogP contribution in [0.15, 0.2) is 24.3 Å². The van der Waals surface area contributed by atoms with Crippen molar-refractivity contribution in [2.24, 2.45) is 5.92 Å². The van der Waals surface area contributed by atoms with E-state index in [0.29, 0.717) is 11.1 Å². The lowest BCUT2D eigenvalue weighted by molar-refractivity contribution is 0.138. The topological polar surface area (TPSA) is 32.3 Å². The van der Waals surface area contributed by atoms with Crippen LogP contribution >= 0.6 is 11.6 Å². The van der Waals surface area contributed by atoms with Crippen molar-refractivity contribution in [3.63, 3.8) is 0 Å². The molecule has 0 radical (unpaired) electrons. The maximum atomic E-state index is 10.2. The quantitative estimate of drug-likeness (QED) is 0.867. The number of hydrogen-bond donors (Lipinski definition) is 2. The molecule has 1 aromatic carbocycles. The minimum absolute atomic E-state index is 0.393. The Balaban J connectivity index is 1.91. The lowest BCUT2D eigenvalue weighted by Gasteiger charge is -2.29. The third-order valence-electron chi connectivity index (χ3n) is 3.52. The van der Waals surface area contributed by atoms with Crippen molar-refractivity contribution in [1.82, 2.24) is 5.32 Å². The Bertz CT molecular complexity index is 352. The summed E-state index contributed by atoms with van der Waals surface area (Å²) in [7, 11) is 0. The molecule has 1 aromatic rings. The van der Waals surface area contributed by atoms with Gasteiger partial charge in [-0.3, -0.25) is 0 Å². The van der Waals surface area contributed by atoms with Crippen molar-refractivity contribution in [3.8, 4) is 0 Å². The fraction of sp³-hybridized carbons (Fsp3) is 0.571. The first-order chi connectivity index (χ1) is 8.15. The summed E-state index contributed by atoms with van der Waals surface area (Å²) < 4.78 is 0. The first-order valence-electron chi connectivity index (χ1n) is 6.32. The van der Waals surface area contributed by atoms with Crippen molar-refractivity contribution >= 4 is 11.6 Å².